The maximum Gasteiger partial charge on any atom is 0.0692 e. The van der Waals surface area contributed by atoms with Crippen molar-refractivity contribution >= 4 is 0 Å². The smallest absolute Gasteiger partial charge is 0.0692 e. The van der Waals surface area contributed by atoms with E-state index in [9.17, 15) is 0 Å². The second kappa shape index (κ2) is 4.51. The minimum atomic E-state index is 0.724. The Morgan fingerprint density at radius 3 is 3.12 bits per heavy atom. The number of nitrogens with one attached hydrogen (secondary N) is 1. The molecule has 1 N–H and O–H groups in total. The van der Waals surface area contributed by atoms with E-state index in [1.807, 2.05) is 10.9 Å². The van der Waals surface area contributed by atoms with Gasteiger partial charge < -0.3 is 10.2 Å². The van der Waals surface area contributed by atoms with Crippen LogP contribution in [0.3, 0.4) is 0 Å². The number of nitrogens with zero attached hydrogens (tertiary/aromatic N) is 4. The van der Waals surface area contributed by atoms with E-state index in [0.717, 1.165) is 25.0 Å². The Morgan fingerprint density at radius 2 is 2.25 bits per heavy atom. The van der Waals surface area contributed by atoms with E-state index in [4.69, 9.17) is 0 Å². The van der Waals surface area contributed by atoms with E-state index < -0.39 is 0 Å². The van der Waals surface area contributed by atoms with E-state index in [2.05, 4.69) is 20.5 Å². The molecule has 1 aromatic rings. The van der Waals surface area contributed by atoms with Gasteiger partial charge in [0.15, 0.2) is 0 Å². The van der Waals surface area contributed by atoms with Gasteiger partial charge in [-0.3, -0.25) is 4.68 Å². The average Bonchev–Trinajstić information content (AvgIpc) is 2.92. The molecule has 88 valence electrons. The van der Waals surface area contributed by atoms with Crippen molar-refractivity contribution in [2.75, 3.05) is 26.2 Å². The zero-order valence-electron chi connectivity index (χ0n) is 9.55. The third-order valence-electron chi connectivity index (χ3n) is 3.85. The molecule has 16 heavy (non-hydrogen) atoms. The molecule has 5 nitrogen and oxygen atoms in total. The summed E-state index contributed by atoms with van der Waals surface area (Å²) in [6, 6.07) is 0.724. The first-order valence-electron chi connectivity index (χ1n) is 6.21. The van der Waals surface area contributed by atoms with Crippen LogP contribution in [0.2, 0.25) is 0 Å². The Hall–Kier alpha value is -0.940. The molecule has 3 rings (SSSR count). The van der Waals surface area contributed by atoms with Crippen LogP contribution in [-0.2, 0) is 6.54 Å². The summed E-state index contributed by atoms with van der Waals surface area (Å²) in [5.74, 6) is 0.879. The lowest BCUT2D eigenvalue weighted by Gasteiger charge is -2.31. The van der Waals surface area contributed by atoms with Crippen LogP contribution in [0.5, 0.6) is 0 Å². The lowest BCUT2D eigenvalue weighted by Crippen LogP contribution is -2.44. The summed E-state index contributed by atoms with van der Waals surface area (Å²) in [6.07, 6.45) is 6.33. The molecule has 2 saturated heterocycles. The molecule has 0 aromatic carbocycles. The standard InChI is InChI=1S/C11H19N5/c1-5-15-6-2-11(10(1)9-15)12-3-7-16-8-4-13-14-16/h4,8,10-12H,1-3,5-7,9H2. The largest absolute Gasteiger partial charge is 0.312 e. The Balaban J connectivity index is 1.45. The van der Waals surface area contributed by atoms with E-state index in [1.165, 1.54) is 32.5 Å². The van der Waals surface area contributed by atoms with Crippen LogP contribution in [0, 0.1) is 5.92 Å². The SMILES string of the molecule is c1cn(CCNC2CCN3CCC2C3)nn1. The van der Waals surface area contributed by atoms with E-state index in [1.54, 1.807) is 6.20 Å². The van der Waals surface area contributed by atoms with Crippen molar-refractivity contribution in [2.45, 2.75) is 25.4 Å². The first kappa shape index (κ1) is 10.2. The number of hydrogen-bond acceptors (Lipinski definition) is 4. The molecule has 2 bridgehead atoms. The minimum absolute atomic E-state index is 0.724. The number of aromatic nitrogens is 3. The van der Waals surface area contributed by atoms with Crippen LogP contribution in [0.1, 0.15) is 12.8 Å². The normalized spacial score (nSPS) is 33.1. The first-order chi connectivity index (χ1) is 7.92. The molecule has 3 heterocycles. The monoisotopic (exact) mass is 221 g/mol. The molecule has 1 aromatic heterocycles. The van der Waals surface area contributed by atoms with Crippen molar-refractivity contribution in [1.82, 2.24) is 25.2 Å². The fraction of sp³-hybridized carbons (Fsp3) is 0.818. The van der Waals surface area contributed by atoms with Crippen LogP contribution in [0.25, 0.3) is 0 Å². The summed E-state index contributed by atoms with van der Waals surface area (Å²) in [4.78, 5) is 2.58. The summed E-state index contributed by atoms with van der Waals surface area (Å²) in [7, 11) is 0. The zero-order valence-corrected chi connectivity index (χ0v) is 9.55. The Labute approximate surface area is 95.8 Å². The fourth-order valence-corrected chi connectivity index (χ4v) is 2.94. The highest BCUT2D eigenvalue weighted by Gasteiger charge is 2.33. The summed E-state index contributed by atoms with van der Waals surface area (Å²) in [6.45, 7) is 5.82. The summed E-state index contributed by atoms with van der Waals surface area (Å²) in [5.41, 5.74) is 0. The van der Waals surface area contributed by atoms with Crippen LogP contribution in [0.15, 0.2) is 12.4 Å². The van der Waals surface area contributed by atoms with Gasteiger partial charge in [0.25, 0.3) is 0 Å². The maximum absolute atomic E-state index is 3.96. The predicted octanol–water partition coefficient (Wildman–Crippen LogP) is -0.0381. The fourth-order valence-electron chi connectivity index (χ4n) is 2.94. The Morgan fingerprint density at radius 1 is 1.31 bits per heavy atom. The molecule has 2 aliphatic rings. The minimum Gasteiger partial charge on any atom is -0.312 e. The Bertz CT molecular complexity index is 323. The summed E-state index contributed by atoms with van der Waals surface area (Å²) < 4.78 is 1.89. The number of rotatable bonds is 4. The van der Waals surface area contributed by atoms with Crippen LogP contribution < -0.4 is 5.32 Å². The lowest BCUT2D eigenvalue weighted by molar-refractivity contribution is 0.220. The average molecular weight is 221 g/mol. The molecular formula is C11H19N5. The molecular weight excluding hydrogens is 202 g/mol. The second-order valence-corrected chi connectivity index (χ2v) is 4.86. The van der Waals surface area contributed by atoms with Gasteiger partial charge >= 0.3 is 0 Å². The lowest BCUT2D eigenvalue weighted by atomic mass is 9.94. The van der Waals surface area contributed by atoms with Crippen LogP contribution in [-0.4, -0.2) is 52.1 Å². The molecule has 2 fully saturated rings. The van der Waals surface area contributed by atoms with E-state index >= 15 is 0 Å². The van der Waals surface area contributed by atoms with Gasteiger partial charge in [0.1, 0.15) is 0 Å². The second-order valence-electron chi connectivity index (χ2n) is 4.86. The molecule has 0 spiro atoms. The molecule has 3 unspecified atom stereocenters. The van der Waals surface area contributed by atoms with Crippen molar-refractivity contribution in [3.63, 3.8) is 0 Å². The number of fused-ring (bicyclic) bond motifs is 2. The van der Waals surface area contributed by atoms with Gasteiger partial charge in [-0.2, -0.15) is 0 Å². The molecule has 2 aliphatic heterocycles. The van der Waals surface area contributed by atoms with Crippen molar-refractivity contribution in [2.24, 2.45) is 5.92 Å². The van der Waals surface area contributed by atoms with Gasteiger partial charge in [0.05, 0.1) is 12.7 Å². The quantitative estimate of drug-likeness (QED) is 0.775. The van der Waals surface area contributed by atoms with Gasteiger partial charge in [-0.1, -0.05) is 5.21 Å². The topological polar surface area (TPSA) is 46.0 Å². The molecule has 5 heteroatoms. The van der Waals surface area contributed by atoms with Crippen molar-refractivity contribution < 1.29 is 0 Å². The maximum atomic E-state index is 3.96. The van der Waals surface area contributed by atoms with Crippen molar-refractivity contribution in [1.29, 1.82) is 0 Å². The highest BCUT2D eigenvalue weighted by atomic mass is 15.4. The molecule has 0 aliphatic carbocycles. The van der Waals surface area contributed by atoms with Crippen LogP contribution in [0.4, 0.5) is 0 Å². The molecule has 3 atom stereocenters. The zero-order chi connectivity index (χ0) is 10.8. The van der Waals surface area contributed by atoms with Crippen molar-refractivity contribution in [3.8, 4) is 0 Å². The molecule has 0 saturated carbocycles. The first-order valence-corrected chi connectivity index (χ1v) is 6.21. The molecule has 0 radical (unpaired) electrons. The molecule has 0 amide bonds. The van der Waals surface area contributed by atoms with E-state index in [-0.39, 0.29) is 0 Å². The van der Waals surface area contributed by atoms with Gasteiger partial charge in [-0.05, 0) is 31.8 Å². The summed E-state index contributed by atoms with van der Waals surface area (Å²) >= 11 is 0. The van der Waals surface area contributed by atoms with Crippen molar-refractivity contribution in [3.05, 3.63) is 12.4 Å². The third-order valence-corrected chi connectivity index (χ3v) is 3.85. The van der Waals surface area contributed by atoms with Crippen LogP contribution >= 0.6 is 0 Å². The number of hydrogen-bond donors (Lipinski definition) is 1. The third kappa shape index (κ3) is 2.10. The van der Waals surface area contributed by atoms with Gasteiger partial charge in [-0.25, -0.2) is 0 Å². The highest BCUT2D eigenvalue weighted by molar-refractivity contribution is 4.90. The number of piperidine rings is 1. The van der Waals surface area contributed by atoms with E-state index in [0.29, 0.717) is 0 Å². The summed E-state index contributed by atoms with van der Waals surface area (Å²) in [5, 5.41) is 11.4. The van der Waals surface area contributed by atoms with Gasteiger partial charge in [0.2, 0.25) is 0 Å². The van der Waals surface area contributed by atoms with Gasteiger partial charge in [-0.15, -0.1) is 5.10 Å². The predicted molar refractivity (Wildman–Crippen MR) is 61.0 cm³/mol. The highest BCUT2D eigenvalue weighted by Crippen LogP contribution is 2.26. The Kier molecular flexibility index (Phi) is 2.88. The van der Waals surface area contributed by atoms with Gasteiger partial charge in [0, 0.05) is 25.3 Å².